The minimum atomic E-state index is -0.104. The molecule has 114 valence electrons. The molecule has 3 aromatic rings. The van der Waals surface area contributed by atoms with Crippen molar-refractivity contribution >= 4 is 6.29 Å². The number of carbonyl (C=O) groups excluding carboxylic acids is 1. The molecule has 3 rings (SSSR count). The van der Waals surface area contributed by atoms with Crippen molar-refractivity contribution in [2.75, 3.05) is 0 Å². The third-order valence-corrected chi connectivity index (χ3v) is 3.75. The summed E-state index contributed by atoms with van der Waals surface area (Å²) >= 11 is 0. The van der Waals surface area contributed by atoms with E-state index in [2.05, 4.69) is 41.2 Å². The number of aromatic nitrogens is 3. The molecular weight excluding hydrogens is 286 g/mol. The van der Waals surface area contributed by atoms with Gasteiger partial charge in [0.15, 0.2) is 6.29 Å². The fourth-order valence-corrected chi connectivity index (χ4v) is 2.77. The quantitative estimate of drug-likeness (QED) is 0.517. The monoisotopic (exact) mass is 303 g/mol. The number of hydrogen-bond donors (Lipinski definition) is 0. The van der Waals surface area contributed by atoms with Gasteiger partial charge in [-0.05, 0) is 11.1 Å². The van der Waals surface area contributed by atoms with Crippen molar-refractivity contribution in [3.8, 4) is 0 Å². The molecule has 0 bridgehead atoms. The highest BCUT2D eigenvalue weighted by Crippen LogP contribution is 2.32. The molecule has 0 saturated carbocycles. The van der Waals surface area contributed by atoms with Crippen LogP contribution in [0.25, 0.3) is 0 Å². The molecular formula is C19H17N3O. The number of hydrogen-bond acceptors (Lipinski definition) is 3. The summed E-state index contributed by atoms with van der Waals surface area (Å²) < 4.78 is 1.74. The Bertz CT molecular complexity index is 754. The highest BCUT2D eigenvalue weighted by Gasteiger charge is 2.25. The molecule has 0 aliphatic carbocycles. The Morgan fingerprint density at radius 1 is 1.00 bits per heavy atom. The first-order valence-corrected chi connectivity index (χ1v) is 7.44. The van der Waals surface area contributed by atoms with Crippen LogP contribution in [0, 0.1) is 0 Å². The summed E-state index contributed by atoms with van der Waals surface area (Å²) in [5, 5.41) is 8.14. The standard InChI is InChI=1S/C19H17N3O/c1-2-13-22-19(17(14-23)20-21-22)18(15-9-5-3-6-10-15)16-11-7-4-8-12-16/h2-12,14,18H,1,13H2. The maximum absolute atomic E-state index is 11.5. The van der Waals surface area contributed by atoms with E-state index in [0.717, 1.165) is 23.1 Å². The Labute approximate surface area is 135 Å². The van der Waals surface area contributed by atoms with Gasteiger partial charge >= 0.3 is 0 Å². The van der Waals surface area contributed by atoms with Crippen LogP contribution in [-0.4, -0.2) is 21.3 Å². The van der Waals surface area contributed by atoms with Crippen LogP contribution in [-0.2, 0) is 6.54 Å². The van der Waals surface area contributed by atoms with E-state index in [0.29, 0.717) is 12.2 Å². The Morgan fingerprint density at radius 3 is 2.04 bits per heavy atom. The van der Waals surface area contributed by atoms with Crippen LogP contribution in [0.15, 0.2) is 73.3 Å². The van der Waals surface area contributed by atoms with E-state index >= 15 is 0 Å². The van der Waals surface area contributed by atoms with Crippen molar-refractivity contribution in [2.45, 2.75) is 12.5 Å². The van der Waals surface area contributed by atoms with Crippen LogP contribution in [0.1, 0.15) is 33.2 Å². The highest BCUT2D eigenvalue weighted by atomic mass is 16.1. The molecule has 4 nitrogen and oxygen atoms in total. The normalized spacial score (nSPS) is 10.7. The molecule has 0 aliphatic heterocycles. The topological polar surface area (TPSA) is 47.8 Å². The smallest absolute Gasteiger partial charge is 0.172 e. The van der Waals surface area contributed by atoms with Gasteiger partial charge in [0.2, 0.25) is 0 Å². The van der Waals surface area contributed by atoms with E-state index in [1.54, 1.807) is 10.8 Å². The summed E-state index contributed by atoms with van der Waals surface area (Å²) in [6, 6.07) is 20.1. The van der Waals surface area contributed by atoms with E-state index in [1.165, 1.54) is 0 Å². The predicted octanol–water partition coefficient (Wildman–Crippen LogP) is 3.46. The van der Waals surface area contributed by atoms with Gasteiger partial charge in [-0.3, -0.25) is 4.79 Å². The van der Waals surface area contributed by atoms with Gasteiger partial charge in [0, 0.05) is 0 Å². The maximum Gasteiger partial charge on any atom is 0.172 e. The molecule has 0 radical (unpaired) electrons. The Hall–Kier alpha value is -3.01. The molecule has 23 heavy (non-hydrogen) atoms. The van der Waals surface area contributed by atoms with Crippen molar-refractivity contribution in [1.29, 1.82) is 0 Å². The lowest BCUT2D eigenvalue weighted by molar-refractivity contribution is 0.111. The SMILES string of the molecule is C=CCn1nnc(C=O)c1C(c1ccccc1)c1ccccc1. The third-order valence-electron chi connectivity index (χ3n) is 3.75. The second-order valence-corrected chi connectivity index (χ2v) is 5.20. The number of carbonyl (C=O) groups is 1. The van der Waals surface area contributed by atoms with Crippen molar-refractivity contribution in [3.05, 3.63) is 95.8 Å². The van der Waals surface area contributed by atoms with Crippen molar-refractivity contribution in [3.63, 3.8) is 0 Å². The van der Waals surface area contributed by atoms with E-state index in [9.17, 15) is 4.79 Å². The lowest BCUT2D eigenvalue weighted by Crippen LogP contribution is -2.13. The molecule has 0 atom stereocenters. The van der Waals surface area contributed by atoms with Crippen LogP contribution < -0.4 is 0 Å². The van der Waals surface area contributed by atoms with Crippen molar-refractivity contribution < 1.29 is 4.79 Å². The zero-order chi connectivity index (χ0) is 16.1. The van der Waals surface area contributed by atoms with E-state index in [1.807, 2.05) is 36.4 Å². The lowest BCUT2D eigenvalue weighted by Gasteiger charge is -2.19. The number of nitrogens with zero attached hydrogens (tertiary/aromatic N) is 3. The van der Waals surface area contributed by atoms with E-state index in [-0.39, 0.29) is 5.92 Å². The van der Waals surface area contributed by atoms with Crippen LogP contribution >= 0.6 is 0 Å². The average Bonchev–Trinajstić information content (AvgIpc) is 3.00. The Morgan fingerprint density at radius 2 is 1.57 bits per heavy atom. The van der Waals surface area contributed by atoms with Gasteiger partial charge in [-0.2, -0.15) is 0 Å². The number of aldehydes is 1. The lowest BCUT2D eigenvalue weighted by atomic mass is 9.87. The zero-order valence-corrected chi connectivity index (χ0v) is 12.7. The number of rotatable bonds is 6. The number of benzene rings is 2. The van der Waals surface area contributed by atoms with E-state index < -0.39 is 0 Å². The first kappa shape index (κ1) is 14.9. The fourth-order valence-electron chi connectivity index (χ4n) is 2.77. The summed E-state index contributed by atoms with van der Waals surface area (Å²) in [7, 11) is 0. The third kappa shape index (κ3) is 2.97. The van der Waals surface area contributed by atoms with E-state index in [4.69, 9.17) is 0 Å². The van der Waals surface area contributed by atoms with Gasteiger partial charge < -0.3 is 0 Å². The molecule has 1 heterocycles. The van der Waals surface area contributed by atoms with Gasteiger partial charge in [0.1, 0.15) is 5.69 Å². The summed E-state index contributed by atoms with van der Waals surface area (Å²) in [6.45, 7) is 4.27. The Balaban J connectivity index is 2.22. The molecule has 0 N–H and O–H groups in total. The van der Waals surface area contributed by atoms with Crippen molar-refractivity contribution in [1.82, 2.24) is 15.0 Å². The molecule has 4 heteroatoms. The minimum absolute atomic E-state index is 0.104. The summed E-state index contributed by atoms with van der Waals surface area (Å²) in [5.74, 6) is -0.104. The molecule has 0 amide bonds. The number of allylic oxidation sites excluding steroid dienone is 1. The second kappa shape index (κ2) is 6.83. The van der Waals surface area contributed by atoms with Gasteiger partial charge in [0.25, 0.3) is 0 Å². The molecule has 0 aliphatic rings. The first-order chi connectivity index (χ1) is 11.3. The van der Waals surface area contributed by atoms with Gasteiger partial charge in [-0.25, -0.2) is 4.68 Å². The van der Waals surface area contributed by atoms with Crippen LogP contribution in [0.3, 0.4) is 0 Å². The molecule has 1 aromatic heterocycles. The second-order valence-electron chi connectivity index (χ2n) is 5.20. The highest BCUT2D eigenvalue weighted by molar-refractivity contribution is 5.74. The molecule has 0 fully saturated rings. The van der Waals surface area contributed by atoms with Gasteiger partial charge in [-0.1, -0.05) is 72.0 Å². The van der Waals surface area contributed by atoms with Crippen LogP contribution in [0.2, 0.25) is 0 Å². The van der Waals surface area contributed by atoms with Crippen molar-refractivity contribution in [2.24, 2.45) is 0 Å². The minimum Gasteiger partial charge on any atom is -0.296 e. The largest absolute Gasteiger partial charge is 0.296 e. The first-order valence-electron chi connectivity index (χ1n) is 7.44. The Kier molecular flexibility index (Phi) is 4.43. The molecule has 2 aromatic carbocycles. The fraction of sp³-hybridized carbons (Fsp3) is 0.105. The zero-order valence-electron chi connectivity index (χ0n) is 12.7. The van der Waals surface area contributed by atoms with Gasteiger partial charge in [0.05, 0.1) is 18.2 Å². The van der Waals surface area contributed by atoms with Gasteiger partial charge in [-0.15, -0.1) is 11.7 Å². The van der Waals surface area contributed by atoms with Crippen LogP contribution in [0.4, 0.5) is 0 Å². The molecule has 0 saturated heterocycles. The molecule has 0 spiro atoms. The maximum atomic E-state index is 11.5. The van der Waals surface area contributed by atoms with Crippen LogP contribution in [0.5, 0.6) is 0 Å². The summed E-state index contributed by atoms with van der Waals surface area (Å²) in [5.41, 5.74) is 3.34. The predicted molar refractivity (Wildman–Crippen MR) is 89.4 cm³/mol. The summed E-state index contributed by atoms with van der Waals surface area (Å²) in [6.07, 6.45) is 2.51. The summed E-state index contributed by atoms with van der Waals surface area (Å²) in [4.78, 5) is 11.5. The average molecular weight is 303 g/mol. The molecule has 0 unspecified atom stereocenters.